The van der Waals surface area contributed by atoms with Gasteiger partial charge in [-0.1, -0.05) is 13.8 Å². The molecule has 0 radical (unpaired) electrons. The fourth-order valence-corrected chi connectivity index (χ4v) is 2.08. The fraction of sp³-hybridized carbons (Fsp3) is 0.600. The minimum atomic E-state index is -3.80. The van der Waals surface area contributed by atoms with Gasteiger partial charge in [-0.25, -0.2) is 17.9 Å². The van der Waals surface area contributed by atoms with E-state index in [-0.39, 0.29) is 12.5 Å². The predicted molar refractivity (Wildman–Crippen MR) is 70.2 cm³/mol. The van der Waals surface area contributed by atoms with E-state index in [1.165, 1.54) is 0 Å². The number of carbonyl (C=O) groups excluding carboxylic acids is 1. The summed E-state index contributed by atoms with van der Waals surface area (Å²) < 4.78 is 29.4. The van der Waals surface area contributed by atoms with E-state index in [1.54, 1.807) is 17.8 Å². The lowest BCUT2D eigenvalue weighted by molar-refractivity contribution is 0.158. The van der Waals surface area contributed by atoms with Crippen LogP contribution in [0.5, 0.6) is 0 Å². The summed E-state index contributed by atoms with van der Waals surface area (Å²) in [5.41, 5.74) is 0.867. The van der Waals surface area contributed by atoms with Gasteiger partial charge in [0.25, 0.3) is 10.0 Å². The van der Waals surface area contributed by atoms with Gasteiger partial charge >= 0.3 is 6.09 Å². The van der Waals surface area contributed by atoms with Gasteiger partial charge in [0.1, 0.15) is 11.7 Å². The average molecular weight is 290 g/mol. The molecular formula is C10H18N4O4S. The first kappa shape index (κ1) is 15.3. The highest BCUT2D eigenvalue weighted by atomic mass is 32.2. The molecule has 9 heteroatoms. The summed E-state index contributed by atoms with van der Waals surface area (Å²) in [5.74, 6) is 0.263. The first-order chi connectivity index (χ1) is 8.85. The molecule has 0 saturated carbocycles. The van der Waals surface area contributed by atoms with E-state index in [9.17, 15) is 13.2 Å². The molecule has 0 aliphatic carbocycles. The maximum absolute atomic E-state index is 11.6. The molecule has 0 bridgehead atoms. The molecule has 0 atom stereocenters. The van der Waals surface area contributed by atoms with Crippen molar-refractivity contribution in [3.05, 3.63) is 11.8 Å². The minimum Gasteiger partial charge on any atom is -0.449 e. The monoisotopic (exact) mass is 290 g/mol. The van der Waals surface area contributed by atoms with Crippen LogP contribution in [0.4, 0.5) is 10.6 Å². The zero-order valence-corrected chi connectivity index (χ0v) is 11.9. The Hall–Kier alpha value is -1.77. The van der Waals surface area contributed by atoms with Crippen molar-refractivity contribution in [2.75, 3.05) is 17.8 Å². The Labute approximate surface area is 112 Å². The zero-order valence-electron chi connectivity index (χ0n) is 11.1. The molecule has 1 rings (SSSR count). The first-order valence-corrected chi connectivity index (χ1v) is 7.45. The Morgan fingerprint density at radius 3 is 2.79 bits per heavy atom. The van der Waals surface area contributed by atoms with Gasteiger partial charge in [-0.05, 0) is 12.8 Å². The quantitative estimate of drug-likeness (QED) is 0.719. The molecule has 0 aromatic carbocycles. The number of aromatic amines is 1. The number of ether oxygens (including phenoxy) is 1. The lowest BCUT2D eigenvalue weighted by Crippen LogP contribution is -2.35. The smallest absolute Gasteiger partial charge is 0.420 e. The normalized spacial score (nSPS) is 11.4. The molecule has 1 aromatic heterocycles. The SMILES string of the molecule is CCOC(=O)NS(=O)(=O)CNc1[nH]ncc1C(C)C. The topological polar surface area (TPSA) is 113 Å². The van der Waals surface area contributed by atoms with Crippen molar-refractivity contribution in [2.24, 2.45) is 0 Å². The third-order valence-corrected chi connectivity index (χ3v) is 3.25. The summed E-state index contributed by atoms with van der Waals surface area (Å²) in [5, 5.41) is 9.19. The largest absolute Gasteiger partial charge is 0.449 e. The minimum absolute atomic E-state index is 0.104. The molecule has 0 spiro atoms. The molecule has 3 N–H and O–H groups in total. The Morgan fingerprint density at radius 1 is 1.53 bits per heavy atom. The van der Waals surface area contributed by atoms with Gasteiger partial charge in [0.2, 0.25) is 0 Å². The van der Waals surface area contributed by atoms with E-state index in [4.69, 9.17) is 0 Å². The summed E-state index contributed by atoms with van der Waals surface area (Å²) >= 11 is 0. The Kier molecular flexibility index (Phi) is 5.16. The molecule has 1 amide bonds. The number of aromatic nitrogens is 2. The van der Waals surface area contributed by atoms with Gasteiger partial charge < -0.3 is 10.1 Å². The highest BCUT2D eigenvalue weighted by molar-refractivity contribution is 7.90. The number of amides is 1. The average Bonchev–Trinajstić information content (AvgIpc) is 2.74. The number of rotatable bonds is 6. The maximum atomic E-state index is 11.6. The van der Waals surface area contributed by atoms with Crippen LogP contribution in [0.3, 0.4) is 0 Å². The lowest BCUT2D eigenvalue weighted by Gasteiger charge is -2.10. The van der Waals surface area contributed by atoms with E-state index in [0.29, 0.717) is 5.82 Å². The van der Waals surface area contributed by atoms with Crippen LogP contribution in [-0.2, 0) is 14.8 Å². The molecule has 19 heavy (non-hydrogen) atoms. The summed E-state index contributed by atoms with van der Waals surface area (Å²) in [6.45, 7) is 5.61. The Balaban J connectivity index is 2.60. The standard InChI is InChI=1S/C10H18N4O4S/c1-4-18-10(15)14-19(16,17)6-11-9-8(7(2)3)5-12-13-9/h5,7H,4,6H2,1-3H3,(H,14,15)(H2,11,12,13). The van der Waals surface area contributed by atoms with Crippen LogP contribution >= 0.6 is 0 Å². The highest BCUT2D eigenvalue weighted by Crippen LogP contribution is 2.20. The Morgan fingerprint density at radius 2 is 2.21 bits per heavy atom. The van der Waals surface area contributed by atoms with Crippen LogP contribution in [0.1, 0.15) is 32.3 Å². The van der Waals surface area contributed by atoms with Crippen LogP contribution < -0.4 is 10.0 Å². The van der Waals surface area contributed by atoms with Crippen LogP contribution in [0.25, 0.3) is 0 Å². The van der Waals surface area contributed by atoms with E-state index in [2.05, 4.69) is 20.3 Å². The van der Waals surface area contributed by atoms with E-state index in [0.717, 1.165) is 5.56 Å². The number of hydrogen-bond donors (Lipinski definition) is 3. The fourth-order valence-electron chi connectivity index (χ4n) is 1.37. The highest BCUT2D eigenvalue weighted by Gasteiger charge is 2.17. The van der Waals surface area contributed by atoms with Gasteiger partial charge in [-0.2, -0.15) is 5.10 Å². The van der Waals surface area contributed by atoms with Gasteiger partial charge in [0, 0.05) is 5.56 Å². The molecule has 0 saturated heterocycles. The molecule has 1 aromatic rings. The molecule has 0 unspecified atom stereocenters. The number of nitrogens with one attached hydrogen (secondary N) is 3. The van der Waals surface area contributed by atoms with E-state index < -0.39 is 22.0 Å². The molecular weight excluding hydrogens is 272 g/mol. The second-order valence-electron chi connectivity index (χ2n) is 4.11. The van der Waals surface area contributed by atoms with Crippen LogP contribution in [0, 0.1) is 0 Å². The molecule has 0 aliphatic rings. The predicted octanol–water partition coefficient (Wildman–Crippen LogP) is 0.978. The van der Waals surface area contributed by atoms with Crippen molar-refractivity contribution in [3.63, 3.8) is 0 Å². The van der Waals surface area contributed by atoms with Crippen molar-refractivity contribution < 1.29 is 17.9 Å². The van der Waals surface area contributed by atoms with Gasteiger partial charge in [0.15, 0.2) is 0 Å². The number of carbonyl (C=O) groups is 1. The molecule has 108 valence electrons. The Bertz CT molecular complexity index is 523. The number of hydrogen-bond acceptors (Lipinski definition) is 6. The molecule has 8 nitrogen and oxygen atoms in total. The third-order valence-electron chi connectivity index (χ3n) is 2.24. The van der Waals surface area contributed by atoms with Crippen LogP contribution in [0.15, 0.2) is 6.20 Å². The second kappa shape index (κ2) is 6.41. The third kappa shape index (κ3) is 4.78. The number of anilines is 1. The summed E-state index contributed by atoms with van der Waals surface area (Å²) in [4.78, 5) is 11.0. The van der Waals surface area contributed by atoms with Gasteiger partial charge in [-0.3, -0.25) is 5.10 Å². The van der Waals surface area contributed by atoms with Crippen molar-refractivity contribution in [2.45, 2.75) is 26.7 Å². The summed E-state index contributed by atoms with van der Waals surface area (Å²) in [6.07, 6.45) is 0.635. The molecule has 1 heterocycles. The lowest BCUT2D eigenvalue weighted by atomic mass is 10.1. The molecule has 0 aliphatic heterocycles. The van der Waals surface area contributed by atoms with Crippen molar-refractivity contribution in [3.8, 4) is 0 Å². The maximum Gasteiger partial charge on any atom is 0.420 e. The van der Waals surface area contributed by atoms with Gasteiger partial charge in [0.05, 0.1) is 12.8 Å². The van der Waals surface area contributed by atoms with Crippen LogP contribution in [-0.4, -0.2) is 37.2 Å². The van der Waals surface area contributed by atoms with E-state index >= 15 is 0 Å². The zero-order chi connectivity index (χ0) is 14.5. The van der Waals surface area contributed by atoms with Crippen molar-refractivity contribution >= 4 is 21.9 Å². The number of sulfonamides is 1. The number of nitrogens with zero attached hydrogens (tertiary/aromatic N) is 1. The number of H-pyrrole nitrogens is 1. The molecule has 0 fully saturated rings. The summed E-state index contributed by atoms with van der Waals surface area (Å²) in [7, 11) is -3.80. The van der Waals surface area contributed by atoms with E-state index in [1.807, 2.05) is 13.8 Å². The van der Waals surface area contributed by atoms with Crippen molar-refractivity contribution in [1.29, 1.82) is 0 Å². The second-order valence-corrected chi connectivity index (χ2v) is 5.84. The van der Waals surface area contributed by atoms with Crippen molar-refractivity contribution in [1.82, 2.24) is 14.9 Å². The van der Waals surface area contributed by atoms with Crippen LogP contribution in [0.2, 0.25) is 0 Å². The first-order valence-electron chi connectivity index (χ1n) is 5.80. The van der Waals surface area contributed by atoms with Gasteiger partial charge in [-0.15, -0.1) is 0 Å². The summed E-state index contributed by atoms with van der Waals surface area (Å²) in [6, 6.07) is 0.